The molecule has 1 heterocycles. The van der Waals surface area contributed by atoms with Gasteiger partial charge in [0.05, 0.1) is 0 Å². The third-order valence-electron chi connectivity index (χ3n) is 3.47. The number of fused-ring (bicyclic) bond motifs is 1. The molecule has 1 aromatic heterocycles. The summed E-state index contributed by atoms with van der Waals surface area (Å²) in [5, 5.41) is 20.2. The van der Waals surface area contributed by atoms with Crippen molar-refractivity contribution in [1.82, 2.24) is 0 Å². The van der Waals surface area contributed by atoms with Gasteiger partial charge in [0.1, 0.15) is 4.70 Å². The van der Waals surface area contributed by atoms with E-state index in [1.807, 2.05) is 30.3 Å². The first-order chi connectivity index (χ1) is 10.0. The lowest BCUT2D eigenvalue weighted by Crippen LogP contribution is -2.36. The summed E-state index contributed by atoms with van der Waals surface area (Å²) in [6, 6.07) is 13.2. The van der Waals surface area contributed by atoms with Gasteiger partial charge in [0.15, 0.2) is 6.54 Å². The molecule has 0 aliphatic heterocycles. The highest BCUT2D eigenvalue weighted by Crippen LogP contribution is 2.23. The number of hydrogen-bond acceptors (Lipinski definition) is 3. The van der Waals surface area contributed by atoms with Gasteiger partial charge in [-0.25, -0.2) is 0 Å². The Hall–Kier alpha value is -1.40. The van der Waals surface area contributed by atoms with E-state index in [1.54, 1.807) is 23.5 Å². The van der Waals surface area contributed by atoms with Crippen LogP contribution in [0.3, 0.4) is 0 Å². The second-order valence-electron chi connectivity index (χ2n) is 4.93. The molecule has 0 saturated carbocycles. The van der Waals surface area contributed by atoms with Crippen LogP contribution in [-0.2, 0) is 6.54 Å². The van der Waals surface area contributed by atoms with Gasteiger partial charge in [-0.05, 0) is 17.6 Å². The smallest absolute Gasteiger partial charge is 0.423 e. The van der Waals surface area contributed by atoms with Crippen LogP contribution in [0.4, 0.5) is 0 Å². The molecule has 0 saturated heterocycles. The van der Waals surface area contributed by atoms with Gasteiger partial charge in [0.2, 0.25) is 10.5 Å². The molecule has 0 amide bonds. The predicted octanol–water partition coefficient (Wildman–Crippen LogP) is 1.88. The first kappa shape index (κ1) is 14.5. The van der Waals surface area contributed by atoms with Gasteiger partial charge in [0.25, 0.3) is 0 Å². The summed E-state index contributed by atoms with van der Waals surface area (Å²) in [5.74, 6) is 0. The zero-order valence-electron chi connectivity index (χ0n) is 11.5. The molecular weight excluding hydrogens is 305 g/mol. The quantitative estimate of drug-likeness (QED) is 0.572. The van der Waals surface area contributed by atoms with E-state index in [4.69, 9.17) is 21.6 Å². The molecular formula is C15H14BClNO2S+. The number of hydrogen-bond donors (Lipinski definition) is 2. The minimum absolute atomic E-state index is 0.499. The Morgan fingerprint density at radius 1 is 1.14 bits per heavy atom. The number of benzene rings is 2. The summed E-state index contributed by atoms with van der Waals surface area (Å²) in [7, 11) is -1.42. The van der Waals surface area contributed by atoms with Crippen molar-refractivity contribution in [3.8, 4) is 0 Å². The molecule has 2 N–H and O–H groups in total. The molecule has 0 unspecified atom stereocenters. The van der Waals surface area contributed by atoms with Gasteiger partial charge < -0.3 is 10.0 Å². The van der Waals surface area contributed by atoms with Gasteiger partial charge >= 0.3 is 7.12 Å². The molecule has 0 aliphatic rings. The highest BCUT2D eigenvalue weighted by molar-refractivity contribution is 7.18. The monoisotopic (exact) mass is 318 g/mol. The maximum Gasteiger partial charge on any atom is 0.488 e. The molecule has 0 bridgehead atoms. The van der Waals surface area contributed by atoms with Crippen molar-refractivity contribution in [1.29, 1.82) is 0 Å². The highest BCUT2D eigenvalue weighted by Gasteiger charge is 2.18. The molecule has 21 heavy (non-hydrogen) atoms. The van der Waals surface area contributed by atoms with Crippen LogP contribution in [0.2, 0.25) is 5.02 Å². The van der Waals surface area contributed by atoms with Crippen LogP contribution in [0.5, 0.6) is 0 Å². The average Bonchev–Trinajstić information content (AvgIpc) is 2.76. The zero-order chi connectivity index (χ0) is 15.0. The molecule has 0 radical (unpaired) electrons. The van der Waals surface area contributed by atoms with Crippen LogP contribution in [0.1, 0.15) is 10.6 Å². The molecule has 0 aliphatic carbocycles. The average molecular weight is 319 g/mol. The van der Waals surface area contributed by atoms with Crippen LogP contribution in [0, 0.1) is 6.92 Å². The minimum atomic E-state index is -1.42. The number of nitrogens with zero attached hydrogens (tertiary/aromatic N) is 1. The van der Waals surface area contributed by atoms with E-state index in [0.29, 0.717) is 5.46 Å². The number of thiazole rings is 1. The standard InChI is InChI=1S/C15H14BClNO2S/c1-10-18(14-8-13(17)6-7-15(14)21-10)9-11-2-4-12(5-3-11)16(19)20/h2-8,19-20H,9H2,1H3/q+1. The largest absolute Gasteiger partial charge is 0.488 e. The van der Waals surface area contributed by atoms with Crippen molar-refractivity contribution in [2.24, 2.45) is 0 Å². The first-order valence-electron chi connectivity index (χ1n) is 6.58. The van der Waals surface area contributed by atoms with E-state index in [2.05, 4.69) is 11.5 Å². The van der Waals surface area contributed by atoms with Crippen molar-refractivity contribution in [3.05, 3.63) is 58.1 Å². The minimum Gasteiger partial charge on any atom is -0.423 e. The molecule has 106 valence electrons. The lowest BCUT2D eigenvalue weighted by atomic mass is 9.80. The first-order valence-corrected chi connectivity index (χ1v) is 7.77. The summed E-state index contributed by atoms with van der Waals surface area (Å²) < 4.78 is 3.43. The lowest BCUT2D eigenvalue weighted by Gasteiger charge is -2.01. The van der Waals surface area contributed by atoms with Crippen molar-refractivity contribution < 1.29 is 14.6 Å². The number of aryl methyl sites for hydroxylation is 1. The Bertz CT molecular complexity index is 786. The highest BCUT2D eigenvalue weighted by atomic mass is 35.5. The van der Waals surface area contributed by atoms with Crippen LogP contribution in [0.25, 0.3) is 10.2 Å². The lowest BCUT2D eigenvalue weighted by molar-refractivity contribution is -0.664. The molecule has 3 nitrogen and oxygen atoms in total. The maximum atomic E-state index is 9.12. The SMILES string of the molecule is Cc1sc2ccc(Cl)cc2[n+]1Cc1ccc(B(O)O)cc1. The Labute approximate surface area is 132 Å². The van der Waals surface area contributed by atoms with E-state index in [1.165, 1.54) is 9.71 Å². The van der Waals surface area contributed by atoms with Crippen molar-refractivity contribution in [3.63, 3.8) is 0 Å². The maximum absolute atomic E-state index is 9.12. The van der Waals surface area contributed by atoms with Gasteiger partial charge in [0, 0.05) is 23.6 Å². The molecule has 3 aromatic rings. The number of rotatable bonds is 3. The number of aromatic nitrogens is 1. The van der Waals surface area contributed by atoms with Gasteiger partial charge in [-0.15, -0.1) is 0 Å². The van der Waals surface area contributed by atoms with Crippen molar-refractivity contribution >= 4 is 45.7 Å². The fourth-order valence-corrected chi connectivity index (χ4v) is 3.51. The Kier molecular flexibility index (Phi) is 4.00. The molecule has 0 spiro atoms. The Balaban J connectivity index is 1.97. The summed E-state index contributed by atoms with van der Waals surface area (Å²) in [4.78, 5) is 0. The fourth-order valence-electron chi connectivity index (χ4n) is 2.35. The molecule has 3 rings (SSSR count). The van der Waals surface area contributed by atoms with Crippen molar-refractivity contribution in [2.45, 2.75) is 13.5 Å². The van der Waals surface area contributed by atoms with E-state index >= 15 is 0 Å². The van der Waals surface area contributed by atoms with Gasteiger partial charge in [-0.3, -0.25) is 0 Å². The van der Waals surface area contributed by atoms with Crippen molar-refractivity contribution in [2.75, 3.05) is 0 Å². The molecule has 0 atom stereocenters. The van der Waals surface area contributed by atoms with E-state index < -0.39 is 7.12 Å². The number of halogens is 1. The van der Waals surface area contributed by atoms with Crippen LogP contribution >= 0.6 is 22.9 Å². The van der Waals surface area contributed by atoms with Gasteiger partial charge in [-0.2, -0.15) is 4.57 Å². The normalized spacial score (nSPS) is 11.0. The molecule has 0 fully saturated rings. The summed E-state index contributed by atoms with van der Waals surface area (Å²) in [6.45, 7) is 2.82. The van der Waals surface area contributed by atoms with Crippen LogP contribution < -0.4 is 10.0 Å². The van der Waals surface area contributed by atoms with E-state index in [-0.39, 0.29) is 0 Å². The zero-order valence-corrected chi connectivity index (χ0v) is 13.0. The second kappa shape index (κ2) is 5.77. The summed E-state index contributed by atoms with van der Waals surface area (Å²) >= 11 is 7.83. The van der Waals surface area contributed by atoms with E-state index in [0.717, 1.165) is 22.6 Å². The van der Waals surface area contributed by atoms with E-state index in [9.17, 15) is 0 Å². The Morgan fingerprint density at radius 3 is 2.52 bits per heavy atom. The van der Waals surface area contributed by atoms with Gasteiger partial charge in [-0.1, -0.05) is 47.2 Å². The fraction of sp³-hybridized carbons (Fsp3) is 0.133. The second-order valence-corrected chi connectivity index (χ2v) is 6.61. The summed E-state index contributed by atoms with van der Waals surface area (Å²) in [5.41, 5.74) is 2.72. The molecule has 2 aromatic carbocycles. The van der Waals surface area contributed by atoms with Crippen LogP contribution in [0.15, 0.2) is 42.5 Å². The third-order valence-corrected chi connectivity index (χ3v) is 4.78. The topological polar surface area (TPSA) is 44.3 Å². The van der Waals surface area contributed by atoms with Crippen LogP contribution in [-0.4, -0.2) is 17.2 Å². The predicted molar refractivity (Wildman–Crippen MR) is 87.1 cm³/mol. The summed E-state index contributed by atoms with van der Waals surface area (Å²) in [6.07, 6.45) is 0. The molecule has 6 heteroatoms. The Morgan fingerprint density at radius 2 is 1.86 bits per heavy atom. The third kappa shape index (κ3) is 2.96.